The van der Waals surface area contributed by atoms with Gasteiger partial charge in [-0.2, -0.15) is 0 Å². The quantitative estimate of drug-likeness (QED) is 0.650. The number of nitrogens with two attached hydrogens (primary N) is 1. The molecule has 1 aliphatic heterocycles. The summed E-state index contributed by atoms with van der Waals surface area (Å²) in [6.45, 7) is 5.69. The largest absolute Gasteiger partial charge is 0.479 e. The third kappa shape index (κ3) is 2.98. The molecule has 0 aromatic heterocycles. The first kappa shape index (κ1) is 13.7. The van der Waals surface area contributed by atoms with Gasteiger partial charge >= 0.3 is 0 Å². The fraction of sp³-hybridized carbons (Fsp3) is 0.500. The number of anilines is 2. The summed E-state index contributed by atoms with van der Waals surface area (Å²) < 4.78 is 10.9. The van der Waals surface area contributed by atoms with Crippen LogP contribution in [0.25, 0.3) is 0 Å². The summed E-state index contributed by atoms with van der Waals surface area (Å²) in [5, 5.41) is 0. The number of carbonyl (C=O) groups is 1. The molecular formula is C14H20N2O3. The molecule has 5 nitrogen and oxygen atoms in total. The number of ether oxygens (including phenoxy) is 2. The number of benzene rings is 1. The lowest BCUT2D eigenvalue weighted by atomic mass is 10.1. The van der Waals surface area contributed by atoms with Crippen molar-refractivity contribution in [3.05, 3.63) is 18.2 Å². The molecule has 5 heteroatoms. The summed E-state index contributed by atoms with van der Waals surface area (Å²) in [5.74, 6) is 0.650. The van der Waals surface area contributed by atoms with Crippen molar-refractivity contribution >= 4 is 17.3 Å². The highest BCUT2D eigenvalue weighted by molar-refractivity contribution is 6.00. The smallest absolute Gasteiger partial charge is 0.267 e. The van der Waals surface area contributed by atoms with Crippen LogP contribution in [-0.4, -0.2) is 31.8 Å². The van der Waals surface area contributed by atoms with Crippen LogP contribution in [0.3, 0.4) is 0 Å². The molecule has 0 bridgehead atoms. The Morgan fingerprint density at radius 1 is 1.47 bits per heavy atom. The van der Waals surface area contributed by atoms with E-state index >= 15 is 0 Å². The molecule has 1 amide bonds. The molecule has 0 spiro atoms. The standard InChI is InChI=1S/C14H20N2O3/c1-3-18-8-4-7-16-12-6-5-11(15)9-13(12)19-10(2)14(16)17/h5-6,9-10H,3-4,7-8,15H2,1-2H3. The van der Waals surface area contributed by atoms with Crippen LogP contribution < -0.4 is 15.4 Å². The molecule has 1 atom stereocenters. The van der Waals surface area contributed by atoms with E-state index in [9.17, 15) is 4.79 Å². The number of amides is 1. The normalized spacial score (nSPS) is 18.1. The Labute approximate surface area is 113 Å². The van der Waals surface area contributed by atoms with Gasteiger partial charge in [0.15, 0.2) is 6.10 Å². The molecule has 0 fully saturated rings. The van der Waals surface area contributed by atoms with Crippen molar-refractivity contribution in [3.8, 4) is 5.75 Å². The fourth-order valence-corrected chi connectivity index (χ4v) is 2.13. The van der Waals surface area contributed by atoms with Crippen molar-refractivity contribution in [1.29, 1.82) is 0 Å². The third-order valence-electron chi connectivity index (χ3n) is 3.07. The number of nitrogen functional groups attached to an aromatic ring is 1. The molecular weight excluding hydrogens is 244 g/mol. The monoisotopic (exact) mass is 264 g/mol. The first-order valence-corrected chi connectivity index (χ1v) is 6.58. The lowest BCUT2D eigenvalue weighted by Crippen LogP contribution is -2.45. The molecule has 0 radical (unpaired) electrons. The van der Waals surface area contributed by atoms with E-state index in [4.69, 9.17) is 15.2 Å². The van der Waals surface area contributed by atoms with Crippen LogP contribution in [0.5, 0.6) is 5.75 Å². The van der Waals surface area contributed by atoms with E-state index in [0.717, 1.165) is 12.1 Å². The molecule has 0 saturated carbocycles. The molecule has 1 unspecified atom stereocenters. The number of hydrogen-bond acceptors (Lipinski definition) is 4. The van der Waals surface area contributed by atoms with E-state index in [1.54, 1.807) is 24.0 Å². The molecule has 1 aromatic rings. The van der Waals surface area contributed by atoms with Gasteiger partial charge in [0.05, 0.1) is 5.69 Å². The molecule has 0 saturated heterocycles. The minimum Gasteiger partial charge on any atom is -0.479 e. The van der Waals surface area contributed by atoms with Crippen molar-refractivity contribution in [2.75, 3.05) is 30.4 Å². The predicted octanol–water partition coefficient (Wildman–Crippen LogP) is 1.81. The summed E-state index contributed by atoms with van der Waals surface area (Å²) in [7, 11) is 0. The van der Waals surface area contributed by atoms with Gasteiger partial charge < -0.3 is 20.1 Å². The van der Waals surface area contributed by atoms with Gasteiger partial charge in [-0.1, -0.05) is 0 Å². The molecule has 1 aliphatic rings. The van der Waals surface area contributed by atoms with Crippen LogP contribution in [0, 0.1) is 0 Å². The highest BCUT2D eigenvalue weighted by atomic mass is 16.5. The van der Waals surface area contributed by atoms with Crippen LogP contribution in [0.2, 0.25) is 0 Å². The van der Waals surface area contributed by atoms with E-state index in [2.05, 4.69) is 0 Å². The van der Waals surface area contributed by atoms with Crippen molar-refractivity contribution in [2.24, 2.45) is 0 Å². The average molecular weight is 264 g/mol. The summed E-state index contributed by atoms with van der Waals surface area (Å²) in [6, 6.07) is 5.37. The van der Waals surface area contributed by atoms with Gasteiger partial charge in [-0.3, -0.25) is 4.79 Å². The van der Waals surface area contributed by atoms with Gasteiger partial charge in [-0.05, 0) is 32.4 Å². The first-order chi connectivity index (χ1) is 9.13. The molecule has 104 valence electrons. The highest BCUT2D eigenvalue weighted by Gasteiger charge is 2.31. The fourth-order valence-electron chi connectivity index (χ4n) is 2.13. The maximum absolute atomic E-state index is 12.2. The van der Waals surface area contributed by atoms with Crippen molar-refractivity contribution in [1.82, 2.24) is 0 Å². The molecule has 19 heavy (non-hydrogen) atoms. The second-order valence-corrected chi connectivity index (χ2v) is 4.53. The van der Waals surface area contributed by atoms with E-state index in [0.29, 0.717) is 31.2 Å². The number of hydrogen-bond donors (Lipinski definition) is 1. The lowest BCUT2D eigenvalue weighted by Gasteiger charge is -2.33. The topological polar surface area (TPSA) is 64.8 Å². The molecule has 2 N–H and O–H groups in total. The number of rotatable bonds is 5. The van der Waals surface area contributed by atoms with E-state index in [1.165, 1.54) is 0 Å². The molecule has 0 aliphatic carbocycles. The minimum atomic E-state index is -0.471. The van der Waals surface area contributed by atoms with Crippen LogP contribution in [0.15, 0.2) is 18.2 Å². The zero-order valence-electron chi connectivity index (χ0n) is 11.4. The van der Waals surface area contributed by atoms with Crippen LogP contribution in [-0.2, 0) is 9.53 Å². The van der Waals surface area contributed by atoms with Crippen LogP contribution in [0.4, 0.5) is 11.4 Å². The second-order valence-electron chi connectivity index (χ2n) is 4.53. The SMILES string of the molecule is CCOCCCN1C(=O)C(C)Oc2cc(N)ccc21. The zero-order valence-corrected chi connectivity index (χ0v) is 11.4. The van der Waals surface area contributed by atoms with Crippen molar-refractivity contribution in [3.63, 3.8) is 0 Å². The Hall–Kier alpha value is -1.75. The minimum absolute atomic E-state index is 0.0197. The van der Waals surface area contributed by atoms with Gasteiger partial charge in [0.1, 0.15) is 5.75 Å². The van der Waals surface area contributed by atoms with Gasteiger partial charge in [-0.15, -0.1) is 0 Å². The summed E-state index contributed by atoms with van der Waals surface area (Å²) in [5.41, 5.74) is 7.16. The van der Waals surface area contributed by atoms with Crippen molar-refractivity contribution < 1.29 is 14.3 Å². The molecule has 1 heterocycles. The Balaban J connectivity index is 2.14. The summed E-state index contributed by atoms with van der Waals surface area (Å²) in [4.78, 5) is 13.9. The Morgan fingerprint density at radius 2 is 2.26 bits per heavy atom. The number of fused-ring (bicyclic) bond motifs is 1. The zero-order chi connectivity index (χ0) is 13.8. The van der Waals surface area contributed by atoms with E-state index in [1.807, 2.05) is 13.0 Å². The maximum Gasteiger partial charge on any atom is 0.267 e. The number of carbonyl (C=O) groups excluding carboxylic acids is 1. The summed E-state index contributed by atoms with van der Waals surface area (Å²) >= 11 is 0. The number of nitrogens with zero attached hydrogens (tertiary/aromatic N) is 1. The van der Waals surface area contributed by atoms with E-state index < -0.39 is 6.10 Å². The van der Waals surface area contributed by atoms with E-state index in [-0.39, 0.29) is 5.91 Å². The second kappa shape index (κ2) is 5.93. The van der Waals surface area contributed by atoms with Crippen molar-refractivity contribution in [2.45, 2.75) is 26.4 Å². The average Bonchev–Trinajstić information content (AvgIpc) is 2.38. The first-order valence-electron chi connectivity index (χ1n) is 6.58. The van der Waals surface area contributed by atoms with Crippen LogP contribution in [0.1, 0.15) is 20.3 Å². The third-order valence-corrected chi connectivity index (χ3v) is 3.07. The highest BCUT2D eigenvalue weighted by Crippen LogP contribution is 2.35. The van der Waals surface area contributed by atoms with Crippen LogP contribution >= 0.6 is 0 Å². The summed E-state index contributed by atoms with van der Waals surface area (Å²) in [6.07, 6.45) is 0.331. The Morgan fingerprint density at radius 3 is 3.00 bits per heavy atom. The van der Waals surface area contributed by atoms with Gasteiger partial charge in [0.2, 0.25) is 0 Å². The Bertz CT molecular complexity index is 462. The molecule has 2 rings (SSSR count). The van der Waals surface area contributed by atoms with Gasteiger partial charge in [0.25, 0.3) is 5.91 Å². The van der Waals surface area contributed by atoms with Gasteiger partial charge in [0, 0.05) is 31.5 Å². The lowest BCUT2D eigenvalue weighted by molar-refractivity contribution is -0.125. The maximum atomic E-state index is 12.2. The Kier molecular flexibility index (Phi) is 4.27. The van der Waals surface area contributed by atoms with Gasteiger partial charge in [-0.25, -0.2) is 0 Å². The molecule has 1 aromatic carbocycles. The predicted molar refractivity (Wildman–Crippen MR) is 74.4 cm³/mol.